The highest BCUT2D eigenvalue weighted by Crippen LogP contribution is 1.96. The zero-order chi connectivity index (χ0) is 7.98. The molecule has 0 unspecified atom stereocenters. The van der Waals surface area contributed by atoms with Crippen LogP contribution in [0.25, 0.3) is 0 Å². The van der Waals surface area contributed by atoms with Crippen LogP contribution in [-0.2, 0) is 4.79 Å². The van der Waals surface area contributed by atoms with Gasteiger partial charge < -0.3 is 4.79 Å². The van der Waals surface area contributed by atoms with Crippen LogP contribution >= 0.6 is 0 Å². The molecule has 0 aromatic heterocycles. The molecule has 1 heteroatoms. The summed E-state index contributed by atoms with van der Waals surface area (Å²) in [4.78, 5) is 10.4. The summed E-state index contributed by atoms with van der Waals surface area (Å²) in [6.45, 7) is 3.44. The number of Topliss-reactive ketones (excluding diaryl/α,β-unsaturated/α-hetero) is 1. The molecule has 0 saturated carbocycles. The summed E-state index contributed by atoms with van der Waals surface area (Å²) in [5.41, 5.74) is 0.904. The van der Waals surface area contributed by atoms with E-state index in [-0.39, 0.29) is 5.78 Å². The minimum Gasteiger partial charge on any atom is -0.300 e. The first-order valence-electron chi connectivity index (χ1n) is 3.29. The third-order valence-corrected chi connectivity index (χ3v) is 1.17. The van der Waals surface area contributed by atoms with E-state index in [9.17, 15) is 4.79 Å². The second kappa shape index (κ2) is 4.81. The lowest BCUT2D eigenvalue weighted by molar-refractivity contribution is -0.116. The standard InChI is InChI=1S/C9H12O/c1-4-8(2)6-5-7-9(3)10/h1,6H,5,7H2,2-3H3. The minimum atomic E-state index is 0.209. The van der Waals surface area contributed by atoms with E-state index in [2.05, 4.69) is 5.92 Å². The Labute approximate surface area is 62.1 Å². The first kappa shape index (κ1) is 8.97. The van der Waals surface area contributed by atoms with E-state index >= 15 is 0 Å². The average Bonchev–Trinajstić information content (AvgIpc) is 1.87. The van der Waals surface area contributed by atoms with Gasteiger partial charge in [-0.1, -0.05) is 12.0 Å². The molecule has 0 fully saturated rings. The highest BCUT2D eigenvalue weighted by molar-refractivity contribution is 5.75. The van der Waals surface area contributed by atoms with Gasteiger partial charge in [0.2, 0.25) is 0 Å². The maximum Gasteiger partial charge on any atom is 0.130 e. The Morgan fingerprint density at radius 3 is 2.60 bits per heavy atom. The largest absolute Gasteiger partial charge is 0.300 e. The number of terminal acetylenes is 1. The van der Waals surface area contributed by atoms with Crippen LogP contribution in [0.3, 0.4) is 0 Å². The monoisotopic (exact) mass is 136 g/mol. The summed E-state index contributed by atoms with van der Waals surface area (Å²) in [7, 11) is 0. The number of ketones is 1. The van der Waals surface area contributed by atoms with Gasteiger partial charge in [0.15, 0.2) is 0 Å². The van der Waals surface area contributed by atoms with Gasteiger partial charge in [-0.3, -0.25) is 0 Å². The highest BCUT2D eigenvalue weighted by atomic mass is 16.1. The van der Waals surface area contributed by atoms with Gasteiger partial charge in [0.05, 0.1) is 0 Å². The molecule has 0 aliphatic heterocycles. The topological polar surface area (TPSA) is 17.1 Å². The van der Waals surface area contributed by atoms with Gasteiger partial charge in [-0.15, -0.1) is 6.42 Å². The highest BCUT2D eigenvalue weighted by Gasteiger charge is 1.89. The number of hydrogen-bond acceptors (Lipinski definition) is 1. The van der Waals surface area contributed by atoms with Crippen LogP contribution in [-0.4, -0.2) is 5.78 Å². The number of rotatable bonds is 3. The fourth-order valence-electron chi connectivity index (χ4n) is 0.551. The van der Waals surface area contributed by atoms with Crippen molar-refractivity contribution in [3.63, 3.8) is 0 Å². The zero-order valence-electron chi connectivity index (χ0n) is 6.48. The Hall–Kier alpha value is -1.03. The smallest absolute Gasteiger partial charge is 0.130 e. The van der Waals surface area contributed by atoms with Crippen molar-refractivity contribution >= 4 is 5.78 Å². The van der Waals surface area contributed by atoms with Crippen LogP contribution in [0.15, 0.2) is 11.6 Å². The van der Waals surface area contributed by atoms with E-state index in [1.165, 1.54) is 0 Å². The van der Waals surface area contributed by atoms with Gasteiger partial charge in [0.1, 0.15) is 5.78 Å². The molecule has 0 heterocycles. The molecule has 0 atom stereocenters. The van der Waals surface area contributed by atoms with E-state index in [0.29, 0.717) is 6.42 Å². The Morgan fingerprint density at radius 1 is 1.60 bits per heavy atom. The second-order valence-corrected chi connectivity index (χ2v) is 2.27. The Balaban J connectivity index is 3.56. The van der Waals surface area contributed by atoms with E-state index in [0.717, 1.165) is 12.0 Å². The minimum absolute atomic E-state index is 0.209. The Kier molecular flexibility index (Phi) is 4.32. The number of allylic oxidation sites excluding steroid dienone is 2. The Bertz CT molecular complexity index is 181. The summed E-state index contributed by atoms with van der Waals surface area (Å²) in [6, 6.07) is 0. The summed E-state index contributed by atoms with van der Waals surface area (Å²) in [5.74, 6) is 2.70. The van der Waals surface area contributed by atoms with E-state index < -0.39 is 0 Å². The predicted molar refractivity (Wildman–Crippen MR) is 42.5 cm³/mol. The molecule has 0 spiro atoms. The van der Waals surface area contributed by atoms with Gasteiger partial charge in [-0.2, -0.15) is 0 Å². The zero-order valence-corrected chi connectivity index (χ0v) is 6.48. The van der Waals surface area contributed by atoms with E-state index in [4.69, 9.17) is 6.42 Å². The molecule has 0 N–H and O–H groups in total. The van der Waals surface area contributed by atoms with Crippen LogP contribution in [0.4, 0.5) is 0 Å². The summed E-state index contributed by atoms with van der Waals surface area (Å²) < 4.78 is 0. The summed E-state index contributed by atoms with van der Waals surface area (Å²) >= 11 is 0. The molecule has 0 radical (unpaired) electrons. The van der Waals surface area contributed by atoms with Gasteiger partial charge in [-0.25, -0.2) is 0 Å². The molecule has 1 nitrogen and oxygen atoms in total. The molecule has 0 aromatic rings. The third kappa shape index (κ3) is 5.11. The molecule has 0 amide bonds. The van der Waals surface area contributed by atoms with Crippen LogP contribution in [0.1, 0.15) is 26.7 Å². The van der Waals surface area contributed by atoms with Crippen LogP contribution in [0, 0.1) is 12.3 Å². The van der Waals surface area contributed by atoms with Crippen LogP contribution < -0.4 is 0 Å². The van der Waals surface area contributed by atoms with Crippen molar-refractivity contribution < 1.29 is 4.79 Å². The lowest BCUT2D eigenvalue weighted by Crippen LogP contribution is -1.86. The maximum absolute atomic E-state index is 10.4. The quantitative estimate of drug-likeness (QED) is 0.542. The van der Waals surface area contributed by atoms with Crippen molar-refractivity contribution in [3.8, 4) is 12.3 Å². The first-order valence-corrected chi connectivity index (χ1v) is 3.29. The second-order valence-electron chi connectivity index (χ2n) is 2.27. The van der Waals surface area contributed by atoms with E-state index in [1.807, 2.05) is 13.0 Å². The van der Waals surface area contributed by atoms with Crippen molar-refractivity contribution in [2.45, 2.75) is 26.7 Å². The van der Waals surface area contributed by atoms with E-state index in [1.54, 1.807) is 6.92 Å². The van der Waals surface area contributed by atoms with Gasteiger partial charge in [-0.05, 0) is 25.8 Å². The fraction of sp³-hybridized carbons (Fsp3) is 0.444. The maximum atomic E-state index is 10.4. The average molecular weight is 136 g/mol. The van der Waals surface area contributed by atoms with Crippen molar-refractivity contribution in [1.29, 1.82) is 0 Å². The molecule has 0 aliphatic carbocycles. The lowest BCUT2D eigenvalue weighted by Gasteiger charge is -1.88. The molecule has 0 saturated heterocycles. The van der Waals surface area contributed by atoms with Crippen LogP contribution in [0.5, 0.6) is 0 Å². The lowest BCUT2D eigenvalue weighted by atomic mass is 10.2. The van der Waals surface area contributed by atoms with Crippen molar-refractivity contribution in [3.05, 3.63) is 11.6 Å². The SMILES string of the molecule is C#CC(C)=CCCC(C)=O. The normalized spacial score (nSPS) is 10.7. The van der Waals surface area contributed by atoms with Crippen molar-refractivity contribution in [2.75, 3.05) is 0 Å². The number of hydrogen-bond donors (Lipinski definition) is 0. The predicted octanol–water partition coefficient (Wildman–Crippen LogP) is 1.94. The molecule has 10 heavy (non-hydrogen) atoms. The van der Waals surface area contributed by atoms with Crippen LogP contribution in [0.2, 0.25) is 0 Å². The molecule has 54 valence electrons. The van der Waals surface area contributed by atoms with Gasteiger partial charge in [0.25, 0.3) is 0 Å². The fourth-order valence-corrected chi connectivity index (χ4v) is 0.551. The summed E-state index contributed by atoms with van der Waals surface area (Å²) in [5, 5.41) is 0. The first-order chi connectivity index (χ1) is 4.66. The molecule has 0 aliphatic rings. The number of carbonyl (C=O) groups excluding carboxylic acids is 1. The third-order valence-electron chi connectivity index (χ3n) is 1.17. The van der Waals surface area contributed by atoms with Crippen molar-refractivity contribution in [2.24, 2.45) is 0 Å². The van der Waals surface area contributed by atoms with Crippen molar-refractivity contribution in [1.82, 2.24) is 0 Å². The molecule has 0 rings (SSSR count). The molecule has 0 aromatic carbocycles. The Morgan fingerprint density at radius 2 is 2.20 bits per heavy atom. The number of carbonyl (C=O) groups is 1. The molecule has 0 bridgehead atoms. The molecular weight excluding hydrogens is 124 g/mol. The summed E-state index contributed by atoms with van der Waals surface area (Å²) in [6.07, 6.45) is 8.36. The van der Waals surface area contributed by atoms with Gasteiger partial charge >= 0.3 is 0 Å². The molecular formula is C9H12O. The van der Waals surface area contributed by atoms with Gasteiger partial charge in [0, 0.05) is 6.42 Å².